The fraction of sp³-hybridized carbons (Fsp3) is 0.235. The Morgan fingerprint density at radius 1 is 1.14 bits per heavy atom. The number of benzene rings is 2. The van der Waals surface area contributed by atoms with Gasteiger partial charge in [-0.3, -0.25) is 4.79 Å². The van der Waals surface area contributed by atoms with Crippen molar-refractivity contribution in [3.63, 3.8) is 0 Å². The lowest BCUT2D eigenvalue weighted by Gasteiger charge is -2.24. The Bertz CT molecular complexity index is 591. The summed E-state index contributed by atoms with van der Waals surface area (Å²) < 4.78 is 5.05. The van der Waals surface area contributed by atoms with Crippen molar-refractivity contribution < 1.29 is 14.6 Å². The Labute approximate surface area is 124 Å². The van der Waals surface area contributed by atoms with E-state index >= 15 is 0 Å². The standard InChI is InChI=1S/C17H19NO3/c1-17(20,14-6-4-3-5-7-14)12-18-16(19)13-8-10-15(21-2)11-9-13/h3-11,20H,12H2,1-2H3,(H,18,19). The van der Waals surface area contributed by atoms with Gasteiger partial charge in [-0.25, -0.2) is 0 Å². The molecule has 110 valence electrons. The topological polar surface area (TPSA) is 58.6 Å². The van der Waals surface area contributed by atoms with E-state index < -0.39 is 5.60 Å². The molecule has 4 heteroatoms. The van der Waals surface area contributed by atoms with Crippen molar-refractivity contribution in [2.45, 2.75) is 12.5 Å². The summed E-state index contributed by atoms with van der Waals surface area (Å²) in [6.45, 7) is 1.82. The molecule has 21 heavy (non-hydrogen) atoms. The van der Waals surface area contributed by atoms with Crippen molar-refractivity contribution in [1.29, 1.82) is 0 Å². The Morgan fingerprint density at radius 2 is 1.76 bits per heavy atom. The Morgan fingerprint density at radius 3 is 2.33 bits per heavy atom. The monoisotopic (exact) mass is 285 g/mol. The van der Waals surface area contributed by atoms with Crippen LogP contribution in [0.3, 0.4) is 0 Å². The van der Waals surface area contributed by atoms with Crippen LogP contribution in [0.15, 0.2) is 54.6 Å². The second-order valence-corrected chi connectivity index (χ2v) is 5.05. The first-order chi connectivity index (χ1) is 10.0. The van der Waals surface area contributed by atoms with E-state index in [1.165, 1.54) is 0 Å². The highest BCUT2D eigenvalue weighted by Gasteiger charge is 2.23. The number of nitrogens with one attached hydrogen (secondary N) is 1. The zero-order valence-electron chi connectivity index (χ0n) is 12.2. The SMILES string of the molecule is COc1ccc(C(=O)NCC(C)(O)c2ccccc2)cc1. The normalized spacial score (nSPS) is 13.3. The zero-order valence-corrected chi connectivity index (χ0v) is 12.2. The van der Waals surface area contributed by atoms with Gasteiger partial charge in [-0.1, -0.05) is 30.3 Å². The van der Waals surface area contributed by atoms with E-state index in [0.29, 0.717) is 11.3 Å². The average molecular weight is 285 g/mol. The molecule has 2 N–H and O–H groups in total. The molecule has 0 saturated heterocycles. The fourth-order valence-electron chi connectivity index (χ4n) is 2.00. The Hall–Kier alpha value is -2.33. The molecule has 0 aliphatic carbocycles. The van der Waals surface area contributed by atoms with Gasteiger partial charge in [0.15, 0.2) is 0 Å². The second-order valence-electron chi connectivity index (χ2n) is 5.05. The summed E-state index contributed by atoms with van der Waals surface area (Å²) in [6, 6.07) is 16.1. The van der Waals surface area contributed by atoms with E-state index in [0.717, 1.165) is 5.56 Å². The quantitative estimate of drug-likeness (QED) is 0.886. The number of carbonyl (C=O) groups excluding carboxylic acids is 1. The van der Waals surface area contributed by atoms with Crippen LogP contribution in [0.1, 0.15) is 22.8 Å². The van der Waals surface area contributed by atoms with Crippen molar-refractivity contribution in [2.75, 3.05) is 13.7 Å². The summed E-state index contributed by atoms with van der Waals surface area (Å²) in [7, 11) is 1.58. The molecule has 1 unspecified atom stereocenters. The van der Waals surface area contributed by atoms with E-state index in [4.69, 9.17) is 4.74 Å². The van der Waals surface area contributed by atoms with Gasteiger partial charge in [-0.2, -0.15) is 0 Å². The number of rotatable bonds is 5. The van der Waals surface area contributed by atoms with Gasteiger partial charge in [-0.15, -0.1) is 0 Å². The number of ether oxygens (including phenoxy) is 1. The van der Waals surface area contributed by atoms with Crippen LogP contribution in [0.4, 0.5) is 0 Å². The molecule has 1 atom stereocenters. The van der Waals surface area contributed by atoms with Crippen molar-refractivity contribution in [2.24, 2.45) is 0 Å². The Kier molecular flexibility index (Phi) is 4.60. The molecule has 0 radical (unpaired) electrons. The van der Waals surface area contributed by atoms with Crippen LogP contribution in [0.25, 0.3) is 0 Å². The minimum absolute atomic E-state index is 0.141. The number of hydrogen-bond acceptors (Lipinski definition) is 3. The fourth-order valence-corrected chi connectivity index (χ4v) is 2.00. The number of aliphatic hydroxyl groups is 1. The summed E-state index contributed by atoms with van der Waals surface area (Å²) in [6.07, 6.45) is 0. The second kappa shape index (κ2) is 6.41. The predicted octanol–water partition coefficient (Wildman–Crippen LogP) is 2.33. The highest BCUT2D eigenvalue weighted by molar-refractivity contribution is 5.94. The van der Waals surface area contributed by atoms with E-state index in [1.54, 1.807) is 38.3 Å². The molecule has 0 fully saturated rings. The van der Waals surface area contributed by atoms with E-state index in [9.17, 15) is 9.90 Å². The van der Waals surface area contributed by atoms with Gasteiger partial charge in [0.25, 0.3) is 5.91 Å². The lowest BCUT2D eigenvalue weighted by atomic mass is 9.96. The molecule has 1 amide bonds. The highest BCUT2D eigenvalue weighted by atomic mass is 16.5. The molecule has 4 nitrogen and oxygen atoms in total. The van der Waals surface area contributed by atoms with Gasteiger partial charge in [-0.05, 0) is 36.8 Å². The van der Waals surface area contributed by atoms with Crippen LogP contribution in [-0.4, -0.2) is 24.7 Å². The molecule has 2 aromatic carbocycles. The maximum absolute atomic E-state index is 12.1. The van der Waals surface area contributed by atoms with Crippen LogP contribution in [0, 0.1) is 0 Å². The van der Waals surface area contributed by atoms with Gasteiger partial charge >= 0.3 is 0 Å². The summed E-state index contributed by atoms with van der Waals surface area (Å²) in [4.78, 5) is 12.1. The van der Waals surface area contributed by atoms with Gasteiger partial charge in [0.2, 0.25) is 0 Å². The third-order valence-electron chi connectivity index (χ3n) is 3.34. The van der Waals surface area contributed by atoms with Crippen molar-refractivity contribution in [3.8, 4) is 5.75 Å². The van der Waals surface area contributed by atoms with Crippen LogP contribution in [0.5, 0.6) is 5.75 Å². The van der Waals surface area contributed by atoms with Crippen molar-refractivity contribution in [3.05, 3.63) is 65.7 Å². The molecule has 0 heterocycles. The minimum Gasteiger partial charge on any atom is -0.497 e. The molecule has 0 saturated carbocycles. The predicted molar refractivity (Wildman–Crippen MR) is 81.3 cm³/mol. The van der Waals surface area contributed by atoms with Crippen LogP contribution in [0.2, 0.25) is 0 Å². The van der Waals surface area contributed by atoms with Crippen LogP contribution in [-0.2, 0) is 5.60 Å². The van der Waals surface area contributed by atoms with Crippen LogP contribution < -0.4 is 10.1 Å². The van der Waals surface area contributed by atoms with Crippen molar-refractivity contribution in [1.82, 2.24) is 5.32 Å². The molecular formula is C17H19NO3. The number of methoxy groups -OCH3 is 1. The lowest BCUT2D eigenvalue weighted by Crippen LogP contribution is -2.38. The maximum Gasteiger partial charge on any atom is 0.251 e. The molecule has 0 aromatic heterocycles. The average Bonchev–Trinajstić information content (AvgIpc) is 2.53. The lowest BCUT2D eigenvalue weighted by molar-refractivity contribution is 0.0526. The summed E-state index contributed by atoms with van der Waals surface area (Å²) in [5.41, 5.74) is 0.184. The molecular weight excluding hydrogens is 266 g/mol. The zero-order chi connectivity index (χ0) is 15.3. The van der Waals surface area contributed by atoms with Crippen LogP contribution >= 0.6 is 0 Å². The van der Waals surface area contributed by atoms with Crippen molar-refractivity contribution >= 4 is 5.91 Å². The van der Waals surface area contributed by atoms with E-state index in [1.807, 2.05) is 30.3 Å². The van der Waals surface area contributed by atoms with E-state index in [-0.39, 0.29) is 12.5 Å². The minimum atomic E-state index is -1.11. The third-order valence-corrected chi connectivity index (χ3v) is 3.34. The number of carbonyl (C=O) groups is 1. The smallest absolute Gasteiger partial charge is 0.251 e. The molecule has 0 aliphatic heterocycles. The van der Waals surface area contributed by atoms with Gasteiger partial charge in [0.1, 0.15) is 11.4 Å². The molecule has 2 rings (SSSR count). The number of amides is 1. The van der Waals surface area contributed by atoms with Gasteiger partial charge in [0, 0.05) is 5.56 Å². The van der Waals surface area contributed by atoms with E-state index in [2.05, 4.69) is 5.32 Å². The summed E-state index contributed by atoms with van der Waals surface area (Å²) in [5.74, 6) is 0.469. The van der Waals surface area contributed by atoms with Gasteiger partial charge in [0.05, 0.1) is 13.7 Å². The molecule has 0 aliphatic rings. The van der Waals surface area contributed by atoms with Gasteiger partial charge < -0.3 is 15.2 Å². The first-order valence-corrected chi connectivity index (χ1v) is 6.73. The highest BCUT2D eigenvalue weighted by Crippen LogP contribution is 2.19. The number of hydrogen-bond donors (Lipinski definition) is 2. The summed E-state index contributed by atoms with van der Waals surface area (Å²) >= 11 is 0. The third kappa shape index (κ3) is 3.83. The molecule has 0 bridgehead atoms. The maximum atomic E-state index is 12.1. The molecule has 2 aromatic rings. The first kappa shape index (κ1) is 15.1. The first-order valence-electron chi connectivity index (χ1n) is 6.73. The Balaban J connectivity index is 2.00. The summed E-state index contributed by atoms with van der Waals surface area (Å²) in [5, 5.41) is 13.2. The largest absolute Gasteiger partial charge is 0.497 e. The molecule has 0 spiro atoms.